The van der Waals surface area contributed by atoms with E-state index in [1.807, 2.05) is 6.92 Å². The van der Waals surface area contributed by atoms with Crippen LogP contribution in [0.4, 0.5) is 4.79 Å². The molecule has 0 aromatic carbocycles. The van der Waals surface area contributed by atoms with Crippen LogP contribution in [-0.4, -0.2) is 19.2 Å². The minimum Gasteiger partial charge on any atom is -0.449 e. The Morgan fingerprint density at radius 2 is 2.62 bits per heavy atom. The average molecular weight is 115 g/mol. The molecule has 0 saturated carbocycles. The summed E-state index contributed by atoms with van der Waals surface area (Å²) in [7, 11) is 0. The van der Waals surface area contributed by atoms with E-state index in [0.29, 0.717) is 12.5 Å². The van der Waals surface area contributed by atoms with Crippen LogP contribution in [0, 0.1) is 5.92 Å². The van der Waals surface area contributed by atoms with Crippen LogP contribution in [0.15, 0.2) is 0 Å². The lowest BCUT2D eigenvalue weighted by molar-refractivity contribution is 0.107. The lowest BCUT2D eigenvalue weighted by Crippen LogP contribution is -2.37. The number of amides is 1. The molecule has 0 unspecified atom stereocenters. The van der Waals surface area contributed by atoms with E-state index in [-0.39, 0.29) is 6.09 Å². The highest BCUT2D eigenvalue weighted by molar-refractivity contribution is 5.67. The van der Waals surface area contributed by atoms with Gasteiger partial charge in [-0.05, 0) is 0 Å². The van der Waals surface area contributed by atoms with E-state index < -0.39 is 0 Å². The molecule has 1 saturated heterocycles. The molecule has 0 radical (unpaired) electrons. The monoisotopic (exact) mass is 115 g/mol. The van der Waals surface area contributed by atoms with Crippen molar-refractivity contribution in [2.45, 2.75) is 6.92 Å². The first-order valence-electron chi connectivity index (χ1n) is 2.69. The fourth-order valence-electron chi connectivity index (χ4n) is 0.585. The molecule has 3 heteroatoms. The van der Waals surface area contributed by atoms with E-state index in [1.54, 1.807) is 0 Å². The molecule has 1 amide bonds. The van der Waals surface area contributed by atoms with Crippen LogP contribution in [0.5, 0.6) is 0 Å². The maximum absolute atomic E-state index is 10.3. The van der Waals surface area contributed by atoms with Crippen LogP contribution < -0.4 is 5.32 Å². The van der Waals surface area contributed by atoms with Crippen molar-refractivity contribution in [3.05, 3.63) is 0 Å². The molecule has 0 bridgehead atoms. The summed E-state index contributed by atoms with van der Waals surface area (Å²) >= 11 is 0. The van der Waals surface area contributed by atoms with Gasteiger partial charge in [0.05, 0.1) is 6.61 Å². The van der Waals surface area contributed by atoms with Crippen molar-refractivity contribution in [2.24, 2.45) is 5.92 Å². The van der Waals surface area contributed by atoms with Gasteiger partial charge in [-0.15, -0.1) is 0 Å². The Balaban J connectivity index is 2.29. The molecule has 1 fully saturated rings. The molecule has 0 spiro atoms. The Kier molecular flexibility index (Phi) is 1.37. The molecule has 1 atom stereocenters. The molecular formula is C5H9NO2. The molecule has 1 N–H and O–H groups in total. The van der Waals surface area contributed by atoms with Crippen molar-refractivity contribution in [1.82, 2.24) is 5.32 Å². The fourth-order valence-corrected chi connectivity index (χ4v) is 0.585. The van der Waals surface area contributed by atoms with Crippen LogP contribution in [-0.2, 0) is 4.74 Å². The largest absolute Gasteiger partial charge is 0.449 e. The third kappa shape index (κ3) is 1.12. The van der Waals surface area contributed by atoms with E-state index in [0.717, 1.165) is 6.54 Å². The number of rotatable bonds is 0. The summed E-state index contributed by atoms with van der Waals surface area (Å²) < 4.78 is 4.64. The fraction of sp³-hybridized carbons (Fsp3) is 0.800. The van der Waals surface area contributed by atoms with Crippen molar-refractivity contribution in [2.75, 3.05) is 13.2 Å². The summed E-state index contributed by atoms with van der Waals surface area (Å²) in [6.07, 6.45) is -0.289. The van der Waals surface area contributed by atoms with E-state index in [9.17, 15) is 4.79 Å². The van der Waals surface area contributed by atoms with E-state index >= 15 is 0 Å². The summed E-state index contributed by atoms with van der Waals surface area (Å²) in [6.45, 7) is 3.34. The Hall–Kier alpha value is -0.730. The second-order valence-electron chi connectivity index (χ2n) is 2.08. The molecular weight excluding hydrogens is 106 g/mol. The number of cyclic esters (lactones) is 1. The zero-order valence-corrected chi connectivity index (χ0v) is 4.81. The molecule has 0 aliphatic carbocycles. The Morgan fingerprint density at radius 1 is 1.88 bits per heavy atom. The first-order valence-corrected chi connectivity index (χ1v) is 2.69. The van der Waals surface area contributed by atoms with Gasteiger partial charge in [0, 0.05) is 12.5 Å². The SMILES string of the molecule is C[C@@H]1CNC(=O)OC1. The number of nitrogens with one attached hydrogen (secondary N) is 1. The smallest absolute Gasteiger partial charge is 0.407 e. The second kappa shape index (κ2) is 2.03. The lowest BCUT2D eigenvalue weighted by atomic mass is 10.2. The molecule has 1 rings (SSSR count). The van der Waals surface area contributed by atoms with Gasteiger partial charge in [0.2, 0.25) is 0 Å². The molecule has 8 heavy (non-hydrogen) atoms. The molecule has 1 aliphatic rings. The molecule has 46 valence electrons. The van der Waals surface area contributed by atoms with Gasteiger partial charge in [0.15, 0.2) is 0 Å². The highest BCUT2D eigenvalue weighted by atomic mass is 16.6. The zero-order chi connectivity index (χ0) is 5.98. The van der Waals surface area contributed by atoms with Crippen LogP contribution in [0.25, 0.3) is 0 Å². The summed E-state index contributed by atoms with van der Waals surface area (Å²) in [5.41, 5.74) is 0. The van der Waals surface area contributed by atoms with Crippen LogP contribution >= 0.6 is 0 Å². The molecule has 1 heterocycles. The standard InChI is InChI=1S/C5H9NO2/c1-4-2-6-5(7)8-3-4/h4H,2-3H2,1H3,(H,6,7)/t4-/m1/s1. The molecule has 1 aliphatic heterocycles. The van der Waals surface area contributed by atoms with Gasteiger partial charge in [-0.2, -0.15) is 0 Å². The van der Waals surface area contributed by atoms with Crippen LogP contribution in [0.3, 0.4) is 0 Å². The van der Waals surface area contributed by atoms with Gasteiger partial charge in [-0.25, -0.2) is 4.79 Å². The molecule has 0 aromatic heterocycles. The average Bonchev–Trinajstić information content (AvgIpc) is 1.77. The highest BCUT2D eigenvalue weighted by Crippen LogP contribution is 1.98. The van der Waals surface area contributed by atoms with Gasteiger partial charge >= 0.3 is 6.09 Å². The van der Waals surface area contributed by atoms with Gasteiger partial charge in [0.25, 0.3) is 0 Å². The minimum absolute atomic E-state index is 0.289. The number of hydrogen-bond donors (Lipinski definition) is 1. The quantitative estimate of drug-likeness (QED) is 0.495. The Morgan fingerprint density at radius 3 is 3.00 bits per heavy atom. The predicted octanol–water partition coefficient (Wildman–Crippen LogP) is 0.362. The summed E-state index contributed by atoms with van der Waals surface area (Å²) in [6, 6.07) is 0. The number of hydrogen-bond acceptors (Lipinski definition) is 2. The number of carbonyl (C=O) groups is 1. The van der Waals surface area contributed by atoms with Gasteiger partial charge < -0.3 is 10.1 Å². The topological polar surface area (TPSA) is 38.3 Å². The van der Waals surface area contributed by atoms with Crippen LogP contribution in [0.1, 0.15) is 6.92 Å². The maximum atomic E-state index is 10.3. The van der Waals surface area contributed by atoms with Crippen molar-refractivity contribution in [3.8, 4) is 0 Å². The van der Waals surface area contributed by atoms with Crippen LogP contribution in [0.2, 0.25) is 0 Å². The third-order valence-electron chi connectivity index (χ3n) is 1.09. The third-order valence-corrected chi connectivity index (χ3v) is 1.09. The van der Waals surface area contributed by atoms with Crippen molar-refractivity contribution < 1.29 is 9.53 Å². The summed E-state index contributed by atoms with van der Waals surface area (Å²) in [5, 5.41) is 2.57. The predicted molar refractivity (Wildman–Crippen MR) is 28.5 cm³/mol. The summed E-state index contributed by atoms with van der Waals surface area (Å²) in [4.78, 5) is 10.3. The van der Waals surface area contributed by atoms with E-state index in [4.69, 9.17) is 0 Å². The number of ether oxygens (including phenoxy) is 1. The van der Waals surface area contributed by atoms with Crippen molar-refractivity contribution in [1.29, 1.82) is 0 Å². The lowest BCUT2D eigenvalue weighted by Gasteiger charge is -2.18. The van der Waals surface area contributed by atoms with Gasteiger partial charge in [0.1, 0.15) is 0 Å². The van der Waals surface area contributed by atoms with Crippen molar-refractivity contribution >= 4 is 6.09 Å². The normalized spacial score (nSPS) is 28.6. The maximum Gasteiger partial charge on any atom is 0.407 e. The Labute approximate surface area is 48.0 Å². The van der Waals surface area contributed by atoms with E-state index in [1.165, 1.54) is 0 Å². The Bertz CT molecular complexity index is 92.6. The first-order chi connectivity index (χ1) is 3.79. The van der Waals surface area contributed by atoms with Crippen molar-refractivity contribution in [3.63, 3.8) is 0 Å². The zero-order valence-electron chi connectivity index (χ0n) is 4.81. The van der Waals surface area contributed by atoms with Gasteiger partial charge in [-0.1, -0.05) is 6.92 Å². The van der Waals surface area contributed by atoms with E-state index in [2.05, 4.69) is 10.1 Å². The molecule has 0 aromatic rings. The second-order valence-corrected chi connectivity index (χ2v) is 2.08. The minimum atomic E-state index is -0.289. The summed E-state index contributed by atoms with van der Waals surface area (Å²) in [5.74, 6) is 0.465. The number of alkyl carbamates (subject to hydrolysis) is 1. The van der Waals surface area contributed by atoms with Gasteiger partial charge in [-0.3, -0.25) is 0 Å². The number of carbonyl (C=O) groups excluding carboxylic acids is 1. The molecule has 3 nitrogen and oxygen atoms in total. The first kappa shape index (κ1) is 5.41. The highest BCUT2D eigenvalue weighted by Gasteiger charge is 2.13.